The third-order valence-electron chi connectivity index (χ3n) is 5.88. The molecule has 188 valence electrons. The molecule has 0 aliphatic carbocycles. The summed E-state index contributed by atoms with van der Waals surface area (Å²) in [6.45, 7) is 5.79. The predicted molar refractivity (Wildman–Crippen MR) is 144 cm³/mol. The van der Waals surface area contributed by atoms with Crippen LogP contribution in [-0.2, 0) is 19.6 Å². The summed E-state index contributed by atoms with van der Waals surface area (Å²) in [7, 11) is -3.54. The molecule has 1 aliphatic rings. The van der Waals surface area contributed by atoms with Crippen molar-refractivity contribution in [3.05, 3.63) is 90.5 Å². The number of hydrogen-bond donors (Lipinski definition) is 1. The van der Waals surface area contributed by atoms with Gasteiger partial charge in [0.1, 0.15) is 0 Å². The average Bonchev–Trinajstić information content (AvgIpc) is 2.90. The minimum atomic E-state index is -3.54. The standard InChI is InChI=1S/C28H31N3O4S/c1-22(2)31(25-6-4-3-5-7-25)26-13-11-24(12-14-26)29-28(32)17-10-23-8-15-27(16-9-23)36(33,34)30-18-20-35-21-19-30/h3-17,22H,18-21H2,1-2H3,(H,29,32)/b17-10+. The number of rotatable bonds is 8. The summed E-state index contributed by atoms with van der Waals surface area (Å²) in [5.74, 6) is -0.267. The Hall–Kier alpha value is -3.46. The lowest BCUT2D eigenvalue weighted by atomic mass is 10.1. The molecule has 0 spiro atoms. The SMILES string of the molecule is CC(C)N(c1ccccc1)c1ccc(NC(=O)/C=C/c2ccc(S(=O)(=O)N3CCOCC3)cc2)cc1. The highest BCUT2D eigenvalue weighted by molar-refractivity contribution is 7.89. The maximum absolute atomic E-state index is 12.7. The van der Waals surface area contributed by atoms with E-state index in [9.17, 15) is 13.2 Å². The van der Waals surface area contributed by atoms with Crippen molar-refractivity contribution in [3.8, 4) is 0 Å². The molecule has 0 saturated carbocycles. The van der Waals surface area contributed by atoms with Gasteiger partial charge >= 0.3 is 0 Å². The number of sulfonamides is 1. The van der Waals surface area contributed by atoms with Crippen molar-refractivity contribution in [1.82, 2.24) is 4.31 Å². The Balaban J connectivity index is 1.37. The highest BCUT2D eigenvalue weighted by atomic mass is 32.2. The number of carbonyl (C=O) groups excluding carboxylic acids is 1. The van der Waals surface area contributed by atoms with Crippen LogP contribution in [0.4, 0.5) is 17.1 Å². The van der Waals surface area contributed by atoms with Gasteiger partial charge in [-0.15, -0.1) is 0 Å². The number of para-hydroxylation sites is 1. The second-order valence-electron chi connectivity index (χ2n) is 8.75. The van der Waals surface area contributed by atoms with Crippen molar-refractivity contribution in [2.24, 2.45) is 0 Å². The number of nitrogens with zero attached hydrogens (tertiary/aromatic N) is 2. The highest BCUT2D eigenvalue weighted by Gasteiger charge is 2.26. The first-order valence-electron chi connectivity index (χ1n) is 12.0. The molecule has 3 aromatic rings. The largest absolute Gasteiger partial charge is 0.379 e. The first kappa shape index (κ1) is 25.6. The molecule has 0 radical (unpaired) electrons. The molecule has 0 bridgehead atoms. The zero-order chi connectivity index (χ0) is 25.5. The van der Waals surface area contributed by atoms with E-state index in [-0.39, 0.29) is 16.8 Å². The van der Waals surface area contributed by atoms with Crippen molar-refractivity contribution in [2.45, 2.75) is 24.8 Å². The number of ether oxygens (including phenoxy) is 1. The molecule has 3 aromatic carbocycles. The minimum absolute atomic E-state index is 0.233. The summed E-state index contributed by atoms with van der Waals surface area (Å²) in [5.41, 5.74) is 3.57. The molecular formula is C28H31N3O4S. The number of hydrogen-bond acceptors (Lipinski definition) is 5. The number of anilines is 3. The lowest BCUT2D eigenvalue weighted by Crippen LogP contribution is -2.40. The quantitative estimate of drug-likeness (QED) is 0.440. The van der Waals surface area contributed by atoms with E-state index in [0.717, 1.165) is 16.9 Å². The van der Waals surface area contributed by atoms with Crippen LogP contribution in [0.3, 0.4) is 0 Å². The molecule has 1 N–H and O–H groups in total. The summed E-state index contributed by atoms with van der Waals surface area (Å²) in [5, 5.41) is 2.87. The van der Waals surface area contributed by atoms with Crippen LogP contribution >= 0.6 is 0 Å². The summed E-state index contributed by atoms with van der Waals surface area (Å²) in [6.07, 6.45) is 3.09. The number of morpholine rings is 1. The van der Waals surface area contributed by atoms with Gasteiger partial charge < -0.3 is 15.0 Å². The summed E-state index contributed by atoms with van der Waals surface area (Å²) in [4.78, 5) is 14.9. The lowest BCUT2D eigenvalue weighted by Gasteiger charge is -2.29. The van der Waals surface area contributed by atoms with Crippen LogP contribution in [0.1, 0.15) is 19.4 Å². The fourth-order valence-electron chi connectivity index (χ4n) is 4.08. The molecule has 0 aromatic heterocycles. The third kappa shape index (κ3) is 6.20. The van der Waals surface area contributed by atoms with Crippen molar-refractivity contribution in [2.75, 3.05) is 36.5 Å². The molecule has 1 fully saturated rings. The molecule has 1 amide bonds. The fourth-order valence-corrected chi connectivity index (χ4v) is 5.49. The first-order valence-corrected chi connectivity index (χ1v) is 13.4. The highest BCUT2D eigenvalue weighted by Crippen LogP contribution is 2.28. The number of benzene rings is 3. The van der Waals surface area contributed by atoms with Gasteiger partial charge in [-0.25, -0.2) is 8.42 Å². The van der Waals surface area contributed by atoms with Crippen molar-refractivity contribution >= 4 is 39.1 Å². The van der Waals surface area contributed by atoms with E-state index < -0.39 is 10.0 Å². The zero-order valence-corrected chi connectivity index (χ0v) is 21.3. The number of nitrogens with one attached hydrogen (secondary N) is 1. The average molecular weight is 506 g/mol. The molecule has 1 heterocycles. The van der Waals surface area contributed by atoms with Crippen molar-refractivity contribution < 1.29 is 17.9 Å². The predicted octanol–water partition coefficient (Wildman–Crippen LogP) is 4.91. The second-order valence-corrected chi connectivity index (χ2v) is 10.7. The molecule has 0 unspecified atom stereocenters. The molecular weight excluding hydrogens is 474 g/mol. The van der Waals surface area contributed by atoms with E-state index in [1.54, 1.807) is 30.3 Å². The van der Waals surface area contributed by atoms with Gasteiger partial charge in [0.25, 0.3) is 0 Å². The molecule has 8 heteroatoms. The minimum Gasteiger partial charge on any atom is -0.379 e. The fraction of sp³-hybridized carbons (Fsp3) is 0.250. The monoisotopic (exact) mass is 505 g/mol. The smallest absolute Gasteiger partial charge is 0.248 e. The Kier molecular flexibility index (Phi) is 8.20. The number of carbonyl (C=O) groups is 1. The number of amides is 1. The molecule has 1 saturated heterocycles. The van der Waals surface area contributed by atoms with Gasteiger partial charge in [0, 0.05) is 42.3 Å². The topological polar surface area (TPSA) is 79.0 Å². The van der Waals surface area contributed by atoms with E-state index in [4.69, 9.17) is 4.74 Å². The van der Waals surface area contributed by atoms with Crippen LogP contribution in [0.25, 0.3) is 6.08 Å². The Morgan fingerprint density at radius 1 is 0.917 bits per heavy atom. The maximum atomic E-state index is 12.7. The van der Waals surface area contributed by atoms with E-state index >= 15 is 0 Å². The summed E-state index contributed by atoms with van der Waals surface area (Å²) >= 11 is 0. The van der Waals surface area contributed by atoms with E-state index in [1.165, 1.54) is 10.4 Å². The van der Waals surface area contributed by atoms with Gasteiger partial charge in [0.05, 0.1) is 18.1 Å². The third-order valence-corrected chi connectivity index (χ3v) is 7.79. The molecule has 36 heavy (non-hydrogen) atoms. The van der Waals surface area contributed by atoms with Crippen molar-refractivity contribution in [3.63, 3.8) is 0 Å². The molecule has 7 nitrogen and oxygen atoms in total. The van der Waals surface area contributed by atoms with Gasteiger partial charge in [0.2, 0.25) is 15.9 Å². The van der Waals surface area contributed by atoms with Crippen LogP contribution in [0.5, 0.6) is 0 Å². The van der Waals surface area contributed by atoms with Gasteiger partial charge in [-0.3, -0.25) is 4.79 Å². The molecule has 4 rings (SSSR count). The van der Waals surface area contributed by atoms with Gasteiger partial charge in [-0.05, 0) is 74.0 Å². The Morgan fingerprint density at radius 3 is 2.14 bits per heavy atom. The van der Waals surface area contributed by atoms with Crippen LogP contribution in [0, 0.1) is 0 Å². The zero-order valence-electron chi connectivity index (χ0n) is 20.5. The van der Waals surface area contributed by atoms with Gasteiger partial charge in [0.15, 0.2) is 0 Å². The van der Waals surface area contributed by atoms with Crippen LogP contribution in [0.15, 0.2) is 89.8 Å². The van der Waals surface area contributed by atoms with Crippen LogP contribution < -0.4 is 10.2 Å². The van der Waals surface area contributed by atoms with Crippen LogP contribution in [-0.4, -0.2) is 51.0 Å². The van der Waals surface area contributed by atoms with Crippen molar-refractivity contribution in [1.29, 1.82) is 0 Å². The summed E-state index contributed by atoms with van der Waals surface area (Å²) < 4.78 is 32.1. The normalized spacial score (nSPS) is 14.8. The molecule has 0 atom stereocenters. The van der Waals surface area contributed by atoms with E-state index in [0.29, 0.717) is 32.0 Å². The second kappa shape index (κ2) is 11.5. The Bertz CT molecular complexity index is 1280. The lowest BCUT2D eigenvalue weighted by molar-refractivity contribution is -0.111. The van der Waals surface area contributed by atoms with E-state index in [1.807, 2.05) is 42.5 Å². The molecule has 1 aliphatic heterocycles. The Labute approximate surface area is 213 Å². The maximum Gasteiger partial charge on any atom is 0.248 e. The van der Waals surface area contributed by atoms with E-state index in [2.05, 4.69) is 36.2 Å². The first-order chi connectivity index (χ1) is 17.3. The van der Waals surface area contributed by atoms with Gasteiger partial charge in [-0.1, -0.05) is 30.3 Å². The van der Waals surface area contributed by atoms with Crippen LogP contribution in [0.2, 0.25) is 0 Å². The Morgan fingerprint density at radius 2 is 1.53 bits per heavy atom. The summed E-state index contributed by atoms with van der Waals surface area (Å²) in [6, 6.07) is 24.7. The van der Waals surface area contributed by atoms with Gasteiger partial charge in [-0.2, -0.15) is 4.31 Å².